The zero-order valence-corrected chi connectivity index (χ0v) is 18.1. The van der Waals surface area contributed by atoms with Crippen LogP contribution in [0, 0.1) is 5.82 Å². The second-order valence-electron chi connectivity index (χ2n) is 7.88. The van der Waals surface area contributed by atoms with Crippen molar-refractivity contribution in [1.29, 1.82) is 0 Å². The van der Waals surface area contributed by atoms with Crippen molar-refractivity contribution in [3.63, 3.8) is 0 Å². The van der Waals surface area contributed by atoms with Crippen molar-refractivity contribution >= 4 is 17.7 Å². The number of benzene rings is 1. The van der Waals surface area contributed by atoms with Crippen LogP contribution >= 0.6 is 11.8 Å². The number of anilines is 1. The molecule has 3 aromatic rings. The Kier molecular flexibility index (Phi) is 6.17. The summed E-state index contributed by atoms with van der Waals surface area (Å²) in [5, 5.41) is 13.8. The number of hydrogen-bond acceptors (Lipinski definition) is 8. The summed E-state index contributed by atoms with van der Waals surface area (Å²) in [6.07, 6.45) is 6.00. The summed E-state index contributed by atoms with van der Waals surface area (Å²) >= 11 is 1.53. The molecule has 1 unspecified atom stereocenters. The van der Waals surface area contributed by atoms with Gasteiger partial charge in [0.05, 0.1) is 18.4 Å². The van der Waals surface area contributed by atoms with Crippen LogP contribution in [0.5, 0.6) is 0 Å². The van der Waals surface area contributed by atoms with Gasteiger partial charge in [0, 0.05) is 25.3 Å². The number of piperidine rings is 1. The number of aromatic nitrogens is 5. The minimum absolute atomic E-state index is 0.201. The largest absolute Gasteiger partial charge is 0.376 e. The SMILES string of the molecule is Fc1ccc(-c2noc(CSc3nnc(N4CCCCC4)n3CC3CCCO3)n2)cc1. The molecule has 2 aromatic heterocycles. The maximum Gasteiger partial charge on any atom is 0.237 e. The van der Waals surface area contributed by atoms with E-state index in [-0.39, 0.29) is 11.9 Å². The number of hydrogen-bond donors (Lipinski definition) is 0. The van der Waals surface area contributed by atoms with E-state index in [1.165, 1.54) is 43.2 Å². The lowest BCUT2D eigenvalue weighted by molar-refractivity contribution is 0.0951. The minimum atomic E-state index is -0.293. The second kappa shape index (κ2) is 9.35. The maximum absolute atomic E-state index is 13.1. The fourth-order valence-corrected chi connectivity index (χ4v) is 4.80. The van der Waals surface area contributed by atoms with Gasteiger partial charge in [0.1, 0.15) is 5.82 Å². The summed E-state index contributed by atoms with van der Waals surface area (Å²) in [6, 6.07) is 6.05. The summed E-state index contributed by atoms with van der Waals surface area (Å²) < 4.78 is 26.6. The number of thioether (sulfide) groups is 1. The fraction of sp³-hybridized carbons (Fsp3) is 0.524. The van der Waals surface area contributed by atoms with E-state index < -0.39 is 0 Å². The average molecular weight is 445 g/mol. The highest BCUT2D eigenvalue weighted by Crippen LogP contribution is 2.29. The summed E-state index contributed by atoms with van der Waals surface area (Å²) in [4.78, 5) is 6.77. The number of rotatable bonds is 7. The average Bonchev–Trinajstić information content (AvgIpc) is 3.56. The van der Waals surface area contributed by atoms with E-state index in [2.05, 4.69) is 29.8 Å². The summed E-state index contributed by atoms with van der Waals surface area (Å²) in [7, 11) is 0. The third-order valence-corrected chi connectivity index (χ3v) is 6.59. The van der Waals surface area contributed by atoms with Gasteiger partial charge in [-0.1, -0.05) is 16.9 Å². The lowest BCUT2D eigenvalue weighted by atomic mass is 10.1. The van der Waals surface area contributed by atoms with Crippen molar-refractivity contribution in [1.82, 2.24) is 24.9 Å². The van der Waals surface area contributed by atoms with Gasteiger partial charge < -0.3 is 14.2 Å². The van der Waals surface area contributed by atoms with Crippen LogP contribution in [-0.4, -0.2) is 50.7 Å². The first kappa shape index (κ1) is 20.4. The summed E-state index contributed by atoms with van der Waals surface area (Å²) in [5.41, 5.74) is 0.718. The highest BCUT2D eigenvalue weighted by molar-refractivity contribution is 7.98. The van der Waals surface area contributed by atoms with Crippen molar-refractivity contribution in [2.75, 3.05) is 24.6 Å². The molecule has 2 saturated heterocycles. The van der Waals surface area contributed by atoms with Crippen LogP contribution in [0.25, 0.3) is 11.4 Å². The van der Waals surface area contributed by atoms with Crippen molar-refractivity contribution in [2.24, 2.45) is 0 Å². The molecule has 4 heterocycles. The zero-order chi connectivity index (χ0) is 21.0. The Morgan fingerprint density at radius 3 is 2.68 bits per heavy atom. The first-order chi connectivity index (χ1) is 15.3. The van der Waals surface area contributed by atoms with Gasteiger partial charge in [0.2, 0.25) is 17.7 Å². The molecule has 2 fully saturated rings. The second-order valence-corrected chi connectivity index (χ2v) is 8.83. The molecule has 0 radical (unpaired) electrons. The molecule has 0 spiro atoms. The molecule has 10 heteroatoms. The lowest BCUT2D eigenvalue weighted by Crippen LogP contribution is -2.33. The monoisotopic (exact) mass is 444 g/mol. The predicted molar refractivity (Wildman–Crippen MR) is 114 cm³/mol. The van der Waals surface area contributed by atoms with Crippen molar-refractivity contribution < 1.29 is 13.7 Å². The van der Waals surface area contributed by atoms with Gasteiger partial charge in [0.25, 0.3) is 0 Å². The van der Waals surface area contributed by atoms with Crippen molar-refractivity contribution in [2.45, 2.75) is 55.7 Å². The van der Waals surface area contributed by atoms with E-state index in [0.717, 1.165) is 55.8 Å². The molecular weight excluding hydrogens is 419 g/mol. The molecule has 2 aliphatic heterocycles. The first-order valence-electron chi connectivity index (χ1n) is 10.8. The van der Waals surface area contributed by atoms with Crippen LogP contribution in [0.3, 0.4) is 0 Å². The van der Waals surface area contributed by atoms with E-state index >= 15 is 0 Å². The normalized spacial score (nSPS) is 19.3. The topological polar surface area (TPSA) is 82.1 Å². The Balaban J connectivity index is 1.31. The third kappa shape index (κ3) is 4.74. The van der Waals surface area contributed by atoms with Gasteiger partial charge in [-0.05, 0) is 56.4 Å². The molecule has 31 heavy (non-hydrogen) atoms. The molecule has 164 valence electrons. The number of nitrogens with zero attached hydrogens (tertiary/aromatic N) is 6. The van der Waals surface area contributed by atoms with E-state index in [1.54, 1.807) is 12.1 Å². The summed E-state index contributed by atoms with van der Waals surface area (Å²) in [6.45, 7) is 3.60. The molecule has 0 N–H and O–H groups in total. The van der Waals surface area contributed by atoms with Gasteiger partial charge in [-0.25, -0.2) is 4.39 Å². The number of halogens is 1. The molecule has 1 atom stereocenters. The van der Waals surface area contributed by atoms with Gasteiger partial charge in [-0.3, -0.25) is 4.57 Å². The van der Waals surface area contributed by atoms with Crippen LogP contribution < -0.4 is 4.90 Å². The van der Waals surface area contributed by atoms with Gasteiger partial charge in [0.15, 0.2) is 5.16 Å². The smallest absolute Gasteiger partial charge is 0.237 e. The van der Waals surface area contributed by atoms with Gasteiger partial charge >= 0.3 is 0 Å². The van der Waals surface area contributed by atoms with Crippen molar-refractivity contribution in [3.05, 3.63) is 36.0 Å². The standard InChI is InChI=1S/C21H25FN6O2S/c22-16-8-6-15(7-9-16)19-23-18(30-26-19)14-31-21-25-24-20(27-10-2-1-3-11-27)28(21)13-17-5-4-12-29-17/h6-9,17H,1-5,10-14H2. The molecule has 0 aliphatic carbocycles. The third-order valence-electron chi connectivity index (χ3n) is 5.64. The van der Waals surface area contributed by atoms with Crippen LogP contribution in [-0.2, 0) is 17.0 Å². The Bertz CT molecular complexity index is 996. The predicted octanol–water partition coefficient (Wildman–Crippen LogP) is 3.93. The van der Waals surface area contributed by atoms with E-state index in [0.29, 0.717) is 17.5 Å². The van der Waals surface area contributed by atoms with Gasteiger partial charge in [-0.15, -0.1) is 10.2 Å². The Hall–Kier alpha value is -2.46. The molecule has 8 nitrogen and oxygen atoms in total. The molecule has 5 rings (SSSR count). The Morgan fingerprint density at radius 1 is 1.06 bits per heavy atom. The molecule has 2 aliphatic rings. The van der Waals surface area contributed by atoms with Crippen LogP contribution in [0.15, 0.2) is 33.9 Å². The Labute approximate surface area is 184 Å². The fourth-order valence-electron chi connectivity index (χ4n) is 4.02. The molecule has 0 amide bonds. The molecule has 0 saturated carbocycles. The van der Waals surface area contributed by atoms with Crippen LogP contribution in [0.4, 0.5) is 10.3 Å². The minimum Gasteiger partial charge on any atom is -0.376 e. The van der Waals surface area contributed by atoms with E-state index in [1.807, 2.05) is 0 Å². The van der Waals surface area contributed by atoms with E-state index in [9.17, 15) is 4.39 Å². The number of ether oxygens (including phenoxy) is 1. The zero-order valence-electron chi connectivity index (χ0n) is 17.2. The highest BCUT2D eigenvalue weighted by Gasteiger charge is 2.25. The van der Waals surface area contributed by atoms with E-state index in [4.69, 9.17) is 9.26 Å². The molecule has 1 aromatic carbocycles. The quantitative estimate of drug-likeness (QED) is 0.507. The Morgan fingerprint density at radius 2 is 1.90 bits per heavy atom. The maximum atomic E-state index is 13.1. The first-order valence-corrected chi connectivity index (χ1v) is 11.8. The molecular formula is C21H25FN6O2S. The van der Waals surface area contributed by atoms with Crippen molar-refractivity contribution in [3.8, 4) is 11.4 Å². The summed E-state index contributed by atoms with van der Waals surface area (Å²) in [5.74, 6) is 2.06. The molecule has 0 bridgehead atoms. The lowest BCUT2D eigenvalue weighted by Gasteiger charge is -2.28. The highest BCUT2D eigenvalue weighted by atomic mass is 32.2. The van der Waals surface area contributed by atoms with Crippen LogP contribution in [0.1, 0.15) is 38.0 Å². The van der Waals surface area contributed by atoms with Crippen LogP contribution in [0.2, 0.25) is 0 Å². The van der Waals surface area contributed by atoms with Gasteiger partial charge in [-0.2, -0.15) is 4.98 Å².